The summed E-state index contributed by atoms with van der Waals surface area (Å²) in [5.74, 6) is 0.0363. The van der Waals surface area contributed by atoms with Crippen LogP contribution in [0.4, 0.5) is 0 Å². The lowest BCUT2D eigenvalue weighted by Gasteiger charge is -2.07. The van der Waals surface area contributed by atoms with Crippen molar-refractivity contribution in [1.29, 1.82) is 0 Å². The van der Waals surface area contributed by atoms with Crippen LogP contribution in [0.5, 0.6) is 0 Å². The fraction of sp³-hybridized carbons (Fsp3) is 0.417. The third-order valence-corrected chi connectivity index (χ3v) is 2.32. The zero-order valence-corrected chi connectivity index (χ0v) is 10.6. The summed E-state index contributed by atoms with van der Waals surface area (Å²) >= 11 is 0. The van der Waals surface area contributed by atoms with Crippen LogP contribution < -0.4 is 11.1 Å². The Morgan fingerprint density at radius 1 is 1.38 bits per heavy atom. The van der Waals surface area contributed by atoms with Crippen molar-refractivity contribution in [2.75, 3.05) is 13.1 Å². The van der Waals surface area contributed by atoms with E-state index in [-0.39, 0.29) is 18.3 Å². The number of halogens is 1. The van der Waals surface area contributed by atoms with Crippen molar-refractivity contribution < 1.29 is 4.79 Å². The number of nitrogens with two attached hydrogens (primary N) is 1. The molecule has 0 saturated heterocycles. The van der Waals surface area contributed by atoms with Crippen molar-refractivity contribution in [2.24, 2.45) is 5.73 Å². The molecule has 0 radical (unpaired) electrons. The van der Waals surface area contributed by atoms with E-state index < -0.39 is 0 Å². The molecule has 0 atom stereocenters. The van der Waals surface area contributed by atoms with E-state index in [0.717, 1.165) is 11.1 Å². The molecule has 3 nitrogen and oxygen atoms in total. The molecule has 4 heteroatoms. The number of aryl methyl sites for hydroxylation is 2. The van der Waals surface area contributed by atoms with Gasteiger partial charge in [-0.25, -0.2) is 0 Å². The van der Waals surface area contributed by atoms with E-state index in [1.807, 2.05) is 19.9 Å². The lowest BCUT2D eigenvalue weighted by atomic mass is 10.0. The Hall–Kier alpha value is -1.06. The highest BCUT2D eigenvalue weighted by Crippen LogP contribution is 2.10. The van der Waals surface area contributed by atoms with E-state index in [4.69, 9.17) is 5.73 Å². The first-order valence-corrected chi connectivity index (χ1v) is 5.16. The molecule has 90 valence electrons. The van der Waals surface area contributed by atoms with E-state index >= 15 is 0 Å². The average molecular weight is 243 g/mol. The lowest BCUT2D eigenvalue weighted by molar-refractivity contribution is -0.120. The molecule has 1 aromatic rings. The minimum atomic E-state index is 0. The Bertz CT molecular complexity index is 353. The molecule has 1 rings (SSSR count). The highest BCUT2D eigenvalue weighted by Gasteiger charge is 2.05. The highest BCUT2D eigenvalue weighted by molar-refractivity contribution is 5.85. The van der Waals surface area contributed by atoms with Crippen LogP contribution in [0.1, 0.15) is 16.7 Å². The van der Waals surface area contributed by atoms with Crippen LogP contribution in [-0.2, 0) is 11.2 Å². The molecule has 0 aliphatic carbocycles. The summed E-state index contributed by atoms with van der Waals surface area (Å²) in [7, 11) is 0. The molecular formula is C12H19ClN2O. The summed E-state index contributed by atoms with van der Waals surface area (Å²) in [5, 5.41) is 2.76. The maximum Gasteiger partial charge on any atom is 0.224 e. The van der Waals surface area contributed by atoms with Gasteiger partial charge in [0.05, 0.1) is 6.42 Å². The van der Waals surface area contributed by atoms with Gasteiger partial charge in [-0.1, -0.05) is 23.8 Å². The molecule has 0 unspecified atom stereocenters. The number of benzene rings is 1. The number of amides is 1. The van der Waals surface area contributed by atoms with Gasteiger partial charge in [0.1, 0.15) is 0 Å². The van der Waals surface area contributed by atoms with Gasteiger partial charge in [-0.2, -0.15) is 0 Å². The Morgan fingerprint density at radius 3 is 2.69 bits per heavy atom. The Morgan fingerprint density at radius 2 is 2.06 bits per heavy atom. The van der Waals surface area contributed by atoms with Crippen LogP contribution in [0.25, 0.3) is 0 Å². The molecule has 0 bridgehead atoms. The van der Waals surface area contributed by atoms with E-state index in [1.165, 1.54) is 5.56 Å². The second-order valence-electron chi connectivity index (χ2n) is 3.75. The third kappa shape index (κ3) is 4.64. The van der Waals surface area contributed by atoms with Crippen LogP contribution >= 0.6 is 12.4 Å². The van der Waals surface area contributed by atoms with Crippen LogP contribution in [-0.4, -0.2) is 19.0 Å². The maximum atomic E-state index is 11.5. The van der Waals surface area contributed by atoms with Crippen molar-refractivity contribution in [3.63, 3.8) is 0 Å². The maximum absolute atomic E-state index is 11.5. The molecule has 0 aliphatic rings. The molecule has 16 heavy (non-hydrogen) atoms. The summed E-state index contributed by atoms with van der Waals surface area (Å²) in [5.41, 5.74) is 8.74. The van der Waals surface area contributed by atoms with Crippen LogP contribution in [0.2, 0.25) is 0 Å². The summed E-state index contributed by atoms with van der Waals surface area (Å²) in [6, 6.07) is 6.15. The number of rotatable bonds is 4. The summed E-state index contributed by atoms with van der Waals surface area (Å²) < 4.78 is 0. The van der Waals surface area contributed by atoms with Crippen molar-refractivity contribution in [1.82, 2.24) is 5.32 Å². The molecule has 0 spiro atoms. The average Bonchev–Trinajstić information content (AvgIpc) is 2.20. The minimum Gasteiger partial charge on any atom is -0.355 e. The van der Waals surface area contributed by atoms with Crippen LogP contribution in [0.15, 0.2) is 18.2 Å². The van der Waals surface area contributed by atoms with E-state index in [2.05, 4.69) is 17.4 Å². The topological polar surface area (TPSA) is 55.1 Å². The van der Waals surface area contributed by atoms with Crippen molar-refractivity contribution >= 4 is 18.3 Å². The standard InChI is InChI=1S/C12H18N2O.ClH/c1-9-3-4-10(2)11(7-9)8-12(15)14-6-5-13;/h3-4,7H,5-6,8,13H2,1-2H3,(H,14,15);1H. The van der Waals surface area contributed by atoms with Gasteiger partial charge in [0.2, 0.25) is 5.91 Å². The van der Waals surface area contributed by atoms with E-state index in [1.54, 1.807) is 0 Å². The normalized spacial score (nSPS) is 9.44. The quantitative estimate of drug-likeness (QED) is 0.837. The Kier molecular flexibility index (Phi) is 6.77. The lowest BCUT2D eigenvalue weighted by Crippen LogP contribution is -2.30. The Labute approximate surface area is 103 Å². The number of carbonyl (C=O) groups excluding carboxylic acids is 1. The van der Waals surface area contributed by atoms with Gasteiger partial charge in [0, 0.05) is 13.1 Å². The van der Waals surface area contributed by atoms with Gasteiger partial charge < -0.3 is 11.1 Å². The molecule has 0 aliphatic heterocycles. The molecule has 0 aromatic heterocycles. The molecule has 0 fully saturated rings. The monoisotopic (exact) mass is 242 g/mol. The van der Waals surface area contributed by atoms with E-state index in [9.17, 15) is 4.79 Å². The molecule has 1 amide bonds. The highest BCUT2D eigenvalue weighted by atomic mass is 35.5. The molecule has 3 N–H and O–H groups in total. The predicted octanol–water partition coefficient (Wildman–Crippen LogP) is 1.34. The molecule has 0 heterocycles. The van der Waals surface area contributed by atoms with Gasteiger partial charge in [-0.3, -0.25) is 4.79 Å². The van der Waals surface area contributed by atoms with Crippen LogP contribution in [0, 0.1) is 13.8 Å². The number of hydrogen-bond donors (Lipinski definition) is 2. The van der Waals surface area contributed by atoms with Crippen molar-refractivity contribution in [3.8, 4) is 0 Å². The van der Waals surface area contributed by atoms with Gasteiger partial charge in [-0.15, -0.1) is 12.4 Å². The third-order valence-electron chi connectivity index (χ3n) is 2.32. The molecule has 0 saturated carbocycles. The number of hydrogen-bond acceptors (Lipinski definition) is 2. The summed E-state index contributed by atoms with van der Waals surface area (Å²) in [4.78, 5) is 11.5. The SMILES string of the molecule is Cc1ccc(C)c(CC(=O)NCCN)c1.Cl. The first-order valence-electron chi connectivity index (χ1n) is 5.16. The van der Waals surface area contributed by atoms with Gasteiger partial charge in [0.15, 0.2) is 0 Å². The second kappa shape index (κ2) is 7.25. The largest absolute Gasteiger partial charge is 0.355 e. The molecule has 1 aromatic carbocycles. The smallest absolute Gasteiger partial charge is 0.224 e. The zero-order valence-electron chi connectivity index (χ0n) is 9.75. The minimum absolute atomic E-state index is 0. The summed E-state index contributed by atoms with van der Waals surface area (Å²) in [6.45, 7) is 5.08. The van der Waals surface area contributed by atoms with Crippen molar-refractivity contribution in [2.45, 2.75) is 20.3 Å². The fourth-order valence-corrected chi connectivity index (χ4v) is 1.44. The van der Waals surface area contributed by atoms with Crippen LogP contribution in [0.3, 0.4) is 0 Å². The first kappa shape index (κ1) is 14.9. The van der Waals surface area contributed by atoms with E-state index in [0.29, 0.717) is 19.5 Å². The fourth-order valence-electron chi connectivity index (χ4n) is 1.44. The van der Waals surface area contributed by atoms with Gasteiger partial charge >= 0.3 is 0 Å². The van der Waals surface area contributed by atoms with Crippen molar-refractivity contribution in [3.05, 3.63) is 34.9 Å². The Balaban J connectivity index is 0.00000225. The summed E-state index contributed by atoms with van der Waals surface area (Å²) in [6.07, 6.45) is 0.438. The molecular weight excluding hydrogens is 224 g/mol. The zero-order chi connectivity index (χ0) is 11.3. The predicted molar refractivity (Wildman–Crippen MR) is 68.9 cm³/mol. The van der Waals surface area contributed by atoms with Gasteiger partial charge in [0.25, 0.3) is 0 Å². The van der Waals surface area contributed by atoms with Gasteiger partial charge in [-0.05, 0) is 25.0 Å². The first-order chi connectivity index (χ1) is 7.13. The number of carbonyl (C=O) groups is 1. The number of nitrogens with one attached hydrogen (secondary N) is 1. The second-order valence-corrected chi connectivity index (χ2v) is 3.75.